The van der Waals surface area contributed by atoms with E-state index < -0.39 is 0 Å². The second-order valence-electron chi connectivity index (χ2n) is 9.08. The molecule has 0 amide bonds. The number of esters is 1. The molecule has 0 spiro atoms. The molecule has 6 nitrogen and oxygen atoms in total. The fraction of sp³-hybridized carbons (Fsp3) is 0.281. The zero-order valence-electron chi connectivity index (χ0n) is 21.8. The maximum atomic E-state index is 12.6. The molecule has 0 N–H and O–H groups in total. The van der Waals surface area contributed by atoms with E-state index in [4.69, 9.17) is 14.6 Å². The molecule has 6 heteroatoms. The standard InChI is InChI=1S/C32H34N2O4/c1-2-37-31(36)19-11-23-38-28-18-9-12-25(24-28)13-10-22-34-30(35)21-20-29(33-34)32(26-14-5-3-6-15-26)27-16-7-4-8-17-27/h3-9,12,14-18,20-21,24,32H,2,10-11,13,19,22-23H2,1H3. The molecule has 0 aliphatic heterocycles. The van der Waals surface area contributed by atoms with Gasteiger partial charge < -0.3 is 9.47 Å². The van der Waals surface area contributed by atoms with E-state index in [0.29, 0.717) is 32.6 Å². The molecule has 4 rings (SSSR count). The van der Waals surface area contributed by atoms with Crippen molar-refractivity contribution in [2.75, 3.05) is 13.2 Å². The summed E-state index contributed by atoms with van der Waals surface area (Å²) in [6.45, 7) is 3.18. The minimum absolute atomic E-state index is 0.0538. The smallest absolute Gasteiger partial charge is 0.305 e. The average Bonchev–Trinajstić information content (AvgIpc) is 2.94. The quantitative estimate of drug-likeness (QED) is 0.168. The van der Waals surface area contributed by atoms with E-state index in [-0.39, 0.29) is 17.4 Å². The van der Waals surface area contributed by atoms with Crippen LogP contribution in [0, 0.1) is 0 Å². The second-order valence-corrected chi connectivity index (χ2v) is 9.08. The largest absolute Gasteiger partial charge is 0.494 e. The van der Waals surface area contributed by atoms with Gasteiger partial charge in [-0.3, -0.25) is 9.59 Å². The monoisotopic (exact) mass is 510 g/mol. The lowest BCUT2D eigenvalue weighted by molar-refractivity contribution is -0.143. The van der Waals surface area contributed by atoms with Gasteiger partial charge in [0.05, 0.1) is 24.8 Å². The third-order valence-electron chi connectivity index (χ3n) is 6.28. The van der Waals surface area contributed by atoms with E-state index in [1.165, 1.54) is 0 Å². The minimum Gasteiger partial charge on any atom is -0.494 e. The van der Waals surface area contributed by atoms with E-state index in [2.05, 4.69) is 30.3 Å². The highest BCUT2D eigenvalue weighted by atomic mass is 16.5. The highest BCUT2D eigenvalue weighted by Crippen LogP contribution is 2.30. The van der Waals surface area contributed by atoms with E-state index in [1.807, 2.05) is 60.7 Å². The molecule has 0 saturated carbocycles. The summed E-state index contributed by atoms with van der Waals surface area (Å²) < 4.78 is 12.3. The first kappa shape index (κ1) is 26.9. The Labute approximate surface area is 223 Å². The molecule has 1 heterocycles. The van der Waals surface area contributed by atoms with Crippen molar-refractivity contribution >= 4 is 5.97 Å². The molecule has 0 bridgehead atoms. The molecule has 0 fully saturated rings. The van der Waals surface area contributed by atoms with Crippen molar-refractivity contribution in [2.24, 2.45) is 0 Å². The highest BCUT2D eigenvalue weighted by Gasteiger charge is 2.19. The van der Waals surface area contributed by atoms with Gasteiger partial charge in [-0.05, 0) is 61.1 Å². The Morgan fingerprint density at radius 2 is 1.58 bits per heavy atom. The molecular weight excluding hydrogens is 476 g/mol. The lowest BCUT2D eigenvalue weighted by atomic mass is 9.88. The number of carbonyl (C=O) groups is 1. The molecule has 0 aliphatic rings. The maximum Gasteiger partial charge on any atom is 0.305 e. The van der Waals surface area contributed by atoms with Crippen LogP contribution in [0.1, 0.15) is 54.5 Å². The van der Waals surface area contributed by atoms with Crippen LogP contribution >= 0.6 is 0 Å². The Bertz CT molecular complexity index is 1310. The second kappa shape index (κ2) is 13.9. The van der Waals surface area contributed by atoms with Gasteiger partial charge in [0.25, 0.3) is 5.56 Å². The SMILES string of the molecule is CCOC(=O)CCCOc1cccc(CCCn2nc(C(c3ccccc3)c3ccccc3)ccc2=O)c1. The highest BCUT2D eigenvalue weighted by molar-refractivity contribution is 5.69. The molecule has 1 aromatic heterocycles. The van der Waals surface area contributed by atoms with Crippen LogP contribution in [0.4, 0.5) is 0 Å². The van der Waals surface area contributed by atoms with Crippen LogP contribution in [0.5, 0.6) is 5.75 Å². The third-order valence-corrected chi connectivity index (χ3v) is 6.28. The van der Waals surface area contributed by atoms with Gasteiger partial charge in [-0.1, -0.05) is 72.8 Å². The number of ether oxygens (including phenoxy) is 2. The van der Waals surface area contributed by atoms with Crippen LogP contribution in [0.25, 0.3) is 0 Å². The number of hydrogen-bond donors (Lipinski definition) is 0. The minimum atomic E-state index is -0.198. The van der Waals surface area contributed by atoms with Gasteiger partial charge in [-0.2, -0.15) is 5.10 Å². The first-order valence-corrected chi connectivity index (χ1v) is 13.2. The Hall–Kier alpha value is -4.19. The molecule has 196 valence electrons. The molecule has 0 unspecified atom stereocenters. The van der Waals surface area contributed by atoms with Crippen molar-refractivity contribution in [1.29, 1.82) is 0 Å². The molecular formula is C32H34N2O4. The fourth-order valence-electron chi connectivity index (χ4n) is 4.47. The normalized spacial score (nSPS) is 10.9. The van der Waals surface area contributed by atoms with Crippen molar-refractivity contribution in [2.45, 2.75) is 45.1 Å². The van der Waals surface area contributed by atoms with Gasteiger partial charge in [-0.25, -0.2) is 4.68 Å². The number of nitrogens with zero attached hydrogens (tertiary/aromatic N) is 2. The molecule has 38 heavy (non-hydrogen) atoms. The summed E-state index contributed by atoms with van der Waals surface area (Å²) in [5.74, 6) is 0.524. The fourth-order valence-corrected chi connectivity index (χ4v) is 4.47. The Morgan fingerprint density at radius 3 is 2.26 bits per heavy atom. The van der Waals surface area contributed by atoms with E-state index in [0.717, 1.165) is 41.0 Å². The first-order chi connectivity index (χ1) is 18.6. The lowest BCUT2D eigenvalue weighted by Crippen LogP contribution is -2.24. The predicted molar refractivity (Wildman–Crippen MR) is 148 cm³/mol. The summed E-state index contributed by atoms with van der Waals surface area (Å²) in [6, 6.07) is 31.9. The Balaban J connectivity index is 1.39. The van der Waals surface area contributed by atoms with Crippen LogP contribution in [0.15, 0.2) is 102 Å². The van der Waals surface area contributed by atoms with Gasteiger partial charge >= 0.3 is 5.97 Å². The summed E-state index contributed by atoms with van der Waals surface area (Å²) >= 11 is 0. The number of hydrogen-bond acceptors (Lipinski definition) is 5. The number of aryl methyl sites for hydroxylation is 2. The molecule has 0 radical (unpaired) electrons. The summed E-state index contributed by atoms with van der Waals surface area (Å²) in [6.07, 6.45) is 2.52. The molecule has 0 aliphatic carbocycles. The van der Waals surface area contributed by atoms with Crippen LogP contribution in [-0.2, 0) is 22.5 Å². The predicted octanol–water partition coefficient (Wildman–Crippen LogP) is 5.78. The summed E-state index contributed by atoms with van der Waals surface area (Å²) in [5.41, 5.74) is 4.14. The third kappa shape index (κ3) is 7.65. The van der Waals surface area contributed by atoms with Crippen molar-refractivity contribution in [1.82, 2.24) is 9.78 Å². The molecule has 4 aromatic rings. The molecule has 0 atom stereocenters. The van der Waals surface area contributed by atoms with E-state index in [9.17, 15) is 9.59 Å². The number of carbonyl (C=O) groups excluding carboxylic acids is 1. The topological polar surface area (TPSA) is 70.4 Å². The zero-order valence-corrected chi connectivity index (χ0v) is 21.8. The average molecular weight is 511 g/mol. The number of rotatable bonds is 13. The summed E-state index contributed by atoms with van der Waals surface area (Å²) in [5, 5.41) is 4.79. The maximum absolute atomic E-state index is 12.6. The summed E-state index contributed by atoms with van der Waals surface area (Å²) in [4.78, 5) is 24.1. The molecule has 0 saturated heterocycles. The van der Waals surface area contributed by atoms with Gasteiger partial charge in [0.1, 0.15) is 5.75 Å². The lowest BCUT2D eigenvalue weighted by Gasteiger charge is -2.18. The van der Waals surface area contributed by atoms with E-state index >= 15 is 0 Å². The van der Waals surface area contributed by atoms with Gasteiger partial charge in [-0.15, -0.1) is 0 Å². The van der Waals surface area contributed by atoms with E-state index in [1.54, 1.807) is 17.7 Å². The Morgan fingerprint density at radius 1 is 0.868 bits per heavy atom. The van der Waals surface area contributed by atoms with Crippen molar-refractivity contribution in [3.8, 4) is 5.75 Å². The molecule has 3 aromatic carbocycles. The van der Waals surface area contributed by atoms with Crippen LogP contribution in [0.3, 0.4) is 0 Å². The van der Waals surface area contributed by atoms with Crippen LogP contribution in [-0.4, -0.2) is 29.0 Å². The number of benzene rings is 3. The van der Waals surface area contributed by atoms with Gasteiger partial charge in [0, 0.05) is 19.0 Å². The van der Waals surface area contributed by atoms with Crippen molar-refractivity contribution in [3.05, 3.63) is 130 Å². The Kier molecular flexibility index (Phi) is 9.85. The number of aromatic nitrogens is 2. The van der Waals surface area contributed by atoms with Crippen molar-refractivity contribution < 1.29 is 14.3 Å². The zero-order chi connectivity index (χ0) is 26.6. The first-order valence-electron chi connectivity index (χ1n) is 13.2. The summed E-state index contributed by atoms with van der Waals surface area (Å²) in [7, 11) is 0. The van der Waals surface area contributed by atoms with Gasteiger partial charge in [0.2, 0.25) is 0 Å². The van der Waals surface area contributed by atoms with Crippen LogP contribution in [0.2, 0.25) is 0 Å². The van der Waals surface area contributed by atoms with Crippen molar-refractivity contribution in [3.63, 3.8) is 0 Å². The van der Waals surface area contributed by atoms with Crippen LogP contribution < -0.4 is 10.3 Å². The van der Waals surface area contributed by atoms with Gasteiger partial charge in [0.15, 0.2) is 0 Å².